The maximum absolute atomic E-state index is 12.6. The van der Waals surface area contributed by atoms with E-state index in [0.29, 0.717) is 62.3 Å². The Kier molecular flexibility index (Phi) is 13.1. The van der Waals surface area contributed by atoms with Gasteiger partial charge in [0.15, 0.2) is 23.0 Å². The van der Waals surface area contributed by atoms with Gasteiger partial charge >= 0.3 is 0 Å². The first kappa shape index (κ1) is 37.3. The molecule has 0 amide bonds. The number of anilines is 1. The molecule has 2 fully saturated rings. The Bertz CT molecular complexity index is 1840. The number of rotatable bonds is 7. The molecule has 0 radical (unpaired) electrons. The smallest absolute Gasteiger partial charge is 0.260 e. The maximum Gasteiger partial charge on any atom is 0.260 e. The molecule has 0 aliphatic carbocycles. The molecule has 2 saturated heterocycles. The Morgan fingerprint density at radius 1 is 0.612 bits per heavy atom. The van der Waals surface area contributed by atoms with Crippen LogP contribution in [0.25, 0.3) is 21.8 Å². The highest BCUT2D eigenvalue weighted by atomic mass is 35.5. The molecule has 0 saturated carbocycles. The predicted octanol–water partition coefficient (Wildman–Crippen LogP) is 1.82. The predicted molar refractivity (Wildman–Crippen MR) is 189 cm³/mol. The molecular weight excluding hydrogens is 660 g/mol. The number of H-pyrrole nitrogens is 2. The number of fused-ring (bicyclic) bond motifs is 2. The largest absolute Gasteiger partial charge is 0.493 e. The van der Waals surface area contributed by atoms with Gasteiger partial charge in [0, 0.05) is 52.4 Å². The van der Waals surface area contributed by atoms with Crippen LogP contribution in [0.2, 0.25) is 5.28 Å². The first-order valence-corrected chi connectivity index (χ1v) is 15.9. The van der Waals surface area contributed by atoms with E-state index in [9.17, 15) is 9.59 Å². The number of halogens is 1. The lowest BCUT2D eigenvalue weighted by Crippen LogP contribution is -2.45. The quantitative estimate of drug-likeness (QED) is 0.238. The van der Waals surface area contributed by atoms with Crippen LogP contribution in [0.5, 0.6) is 34.5 Å². The van der Waals surface area contributed by atoms with E-state index in [0.717, 1.165) is 39.3 Å². The van der Waals surface area contributed by atoms with Gasteiger partial charge < -0.3 is 48.4 Å². The Hall–Kier alpha value is -4.51. The van der Waals surface area contributed by atoms with E-state index in [2.05, 4.69) is 54.0 Å². The van der Waals surface area contributed by atoms with Crippen LogP contribution in [-0.4, -0.2) is 139 Å². The van der Waals surface area contributed by atoms with Crippen LogP contribution in [0.1, 0.15) is 0 Å². The van der Waals surface area contributed by atoms with Gasteiger partial charge in [-0.2, -0.15) is 0 Å². The van der Waals surface area contributed by atoms with E-state index in [1.165, 1.54) is 61.8 Å². The molecule has 3 N–H and O–H groups in total. The lowest BCUT2D eigenvalue weighted by molar-refractivity contribution is 0.291. The van der Waals surface area contributed by atoms with Crippen LogP contribution in [0, 0.1) is 0 Å². The number of nitrogens with one attached hydrogen (secondary N) is 3. The number of hydrogen-bond donors (Lipinski definition) is 3. The van der Waals surface area contributed by atoms with Gasteiger partial charge in [-0.05, 0) is 37.8 Å². The first-order valence-electron chi connectivity index (χ1n) is 15.5. The Labute approximate surface area is 289 Å². The van der Waals surface area contributed by atoms with Gasteiger partial charge in [0.05, 0.1) is 53.4 Å². The number of aromatic amines is 2. The highest BCUT2D eigenvalue weighted by molar-refractivity contribution is 6.28. The molecule has 2 aliphatic heterocycles. The van der Waals surface area contributed by atoms with Crippen molar-refractivity contribution in [2.45, 2.75) is 0 Å². The van der Waals surface area contributed by atoms with E-state index in [1.54, 1.807) is 6.07 Å². The van der Waals surface area contributed by atoms with Crippen molar-refractivity contribution in [3.63, 3.8) is 0 Å². The third-order valence-electron chi connectivity index (χ3n) is 8.11. The summed E-state index contributed by atoms with van der Waals surface area (Å²) < 4.78 is 31.7. The van der Waals surface area contributed by atoms with Crippen LogP contribution in [0.15, 0.2) is 21.7 Å². The summed E-state index contributed by atoms with van der Waals surface area (Å²) in [5.74, 6) is 2.86. The monoisotopic (exact) mass is 704 g/mol. The maximum atomic E-state index is 12.6. The number of aromatic nitrogens is 4. The van der Waals surface area contributed by atoms with Crippen molar-refractivity contribution in [2.75, 3.05) is 114 Å². The lowest BCUT2D eigenvalue weighted by Gasteiger charge is -2.32. The molecule has 49 heavy (non-hydrogen) atoms. The standard InChI is InChI=1S/C16H22N4O4.C11H11ClN2O4.C5H12N2/c1-19-5-7-20(8-6-19)16-17-12-10(15(21)18-16)9-11(22-2)13(23-3)14(12)24-4;1-16-6-4-5-7(9(18-3)8(6)17-2)13-11(12)14-10(5)15;1-7-4-2-6-3-5-7/h9H,5-8H2,1-4H3,(H,17,18,21);4H,1-3H3,(H,13,14,15);6H,2-5H2,1H3. The molecule has 2 aromatic carbocycles. The second-order valence-electron chi connectivity index (χ2n) is 11.2. The van der Waals surface area contributed by atoms with Gasteiger partial charge in [0.2, 0.25) is 22.7 Å². The van der Waals surface area contributed by atoms with Crippen molar-refractivity contribution >= 4 is 39.4 Å². The number of methoxy groups -OCH3 is 6. The van der Waals surface area contributed by atoms with Crippen LogP contribution in [-0.2, 0) is 0 Å². The highest BCUT2D eigenvalue weighted by Gasteiger charge is 2.23. The minimum Gasteiger partial charge on any atom is -0.493 e. The van der Waals surface area contributed by atoms with E-state index < -0.39 is 0 Å². The minimum absolute atomic E-state index is 0.0157. The number of nitrogens with zero attached hydrogens (tertiary/aromatic N) is 5. The molecule has 2 aromatic heterocycles. The highest BCUT2D eigenvalue weighted by Crippen LogP contribution is 2.42. The average Bonchev–Trinajstić information content (AvgIpc) is 3.11. The fourth-order valence-corrected chi connectivity index (χ4v) is 5.56. The summed E-state index contributed by atoms with van der Waals surface area (Å²) in [5.41, 5.74) is 0.189. The molecule has 0 atom stereocenters. The lowest BCUT2D eigenvalue weighted by atomic mass is 10.2. The zero-order valence-electron chi connectivity index (χ0n) is 29.2. The third-order valence-corrected chi connectivity index (χ3v) is 8.29. The molecular formula is C32H45ClN8O8. The van der Waals surface area contributed by atoms with Gasteiger partial charge in [0.25, 0.3) is 11.1 Å². The van der Waals surface area contributed by atoms with Crippen molar-refractivity contribution in [3.05, 3.63) is 38.1 Å². The van der Waals surface area contributed by atoms with E-state index in [1.807, 2.05) is 0 Å². The molecule has 2 aliphatic rings. The normalized spacial score (nSPS) is 15.1. The Morgan fingerprint density at radius 3 is 1.49 bits per heavy atom. The number of likely N-dealkylation sites (N-methyl/N-ethyl adjacent to an activating group) is 2. The fourth-order valence-electron chi connectivity index (χ4n) is 5.38. The van der Waals surface area contributed by atoms with E-state index >= 15 is 0 Å². The summed E-state index contributed by atoms with van der Waals surface area (Å²) in [4.78, 5) is 44.9. The number of benzene rings is 2. The molecule has 268 valence electrons. The van der Waals surface area contributed by atoms with Crippen LogP contribution in [0.3, 0.4) is 0 Å². The SMILES string of the molecule is CN1CCNCC1.COc1cc2c(=O)[nH]c(Cl)nc2c(OC)c1OC.COc1cc2c(=O)[nH]c(N3CCN(C)CC3)nc2c(OC)c1OC. The molecule has 17 heteroatoms. The van der Waals surface area contributed by atoms with Crippen molar-refractivity contribution in [3.8, 4) is 34.5 Å². The first-order chi connectivity index (χ1) is 23.6. The Morgan fingerprint density at radius 2 is 1.06 bits per heavy atom. The van der Waals surface area contributed by atoms with Gasteiger partial charge in [-0.15, -0.1) is 0 Å². The summed E-state index contributed by atoms with van der Waals surface area (Å²) in [7, 11) is 13.2. The second kappa shape index (κ2) is 17.2. The molecule has 4 heterocycles. The molecule has 6 rings (SSSR count). The van der Waals surface area contributed by atoms with Gasteiger partial charge in [-0.3, -0.25) is 19.6 Å². The summed E-state index contributed by atoms with van der Waals surface area (Å²) >= 11 is 5.73. The van der Waals surface area contributed by atoms with E-state index in [-0.39, 0.29) is 16.4 Å². The van der Waals surface area contributed by atoms with Crippen molar-refractivity contribution in [2.24, 2.45) is 0 Å². The topological polar surface area (TPSA) is 169 Å². The van der Waals surface area contributed by atoms with Gasteiger partial charge in [0.1, 0.15) is 11.0 Å². The van der Waals surface area contributed by atoms with Gasteiger partial charge in [-0.25, -0.2) is 9.97 Å². The summed E-state index contributed by atoms with van der Waals surface area (Å²) in [6.45, 7) is 8.20. The second-order valence-corrected chi connectivity index (χ2v) is 11.5. The zero-order valence-corrected chi connectivity index (χ0v) is 29.9. The molecule has 0 bridgehead atoms. The minimum atomic E-state index is -0.371. The van der Waals surface area contributed by atoms with Crippen molar-refractivity contribution < 1.29 is 28.4 Å². The van der Waals surface area contributed by atoms with Crippen molar-refractivity contribution in [1.82, 2.24) is 35.1 Å². The number of piperazine rings is 2. The summed E-state index contributed by atoms with van der Waals surface area (Å²) in [6.07, 6.45) is 0. The average molecular weight is 705 g/mol. The fraction of sp³-hybridized carbons (Fsp3) is 0.500. The van der Waals surface area contributed by atoms with E-state index in [4.69, 9.17) is 40.0 Å². The van der Waals surface area contributed by atoms with Gasteiger partial charge in [-0.1, -0.05) is 0 Å². The van der Waals surface area contributed by atoms with Crippen LogP contribution < -0.4 is 49.8 Å². The Balaban J connectivity index is 0.000000189. The molecule has 0 spiro atoms. The van der Waals surface area contributed by atoms with Crippen LogP contribution >= 0.6 is 11.6 Å². The van der Waals surface area contributed by atoms with Crippen LogP contribution in [0.4, 0.5) is 5.95 Å². The number of hydrogen-bond acceptors (Lipinski definition) is 14. The third kappa shape index (κ3) is 8.57. The zero-order chi connectivity index (χ0) is 35.7. The van der Waals surface area contributed by atoms with Crippen molar-refractivity contribution in [1.29, 1.82) is 0 Å². The molecule has 16 nitrogen and oxygen atoms in total. The number of ether oxygens (including phenoxy) is 6. The summed E-state index contributed by atoms with van der Waals surface area (Å²) in [5, 5.41) is 3.98. The molecule has 0 unspecified atom stereocenters. The summed E-state index contributed by atoms with van der Waals surface area (Å²) in [6, 6.07) is 3.15. The molecule has 4 aromatic rings.